The van der Waals surface area contributed by atoms with Gasteiger partial charge >= 0.3 is 0 Å². The van der Waals surface area contributed by atoms with E-state index < -0.39 is 8.80 Å². The van der Waals surface area contributed by atoms with E-state index in [-0.39, 0.29) is 0 Å². The van der Waals surface area contributed by atoms with Gasteiger partial charge in [0.2, 0.25) is 0 Å². The van der Waals surface area contributed by atoms with Crippen molar-refractivity contribution in [2.75, 3.05) is 7.11 Å². The third-order valence-electron chi connectivity index (χ3n) is 1.72. The molecule has 0 N–H and O–H groups in total. The largest absolute Gasteiger partial charge is 0.495 e. The van der Waals surface area contributed by atoms with Crippen LogP contribution in [0.15, 0.2) is 12.3 Å². The SMILES string of the molecule is COc1cc([Si](C)C)ncc1C#N. The third-order valence-corrected chi connectivity index (χ3v) is 3.02. The van der Waals surface area contributed by atoms with Crippen molar-refractivity contribution in [2.24, 2.45) is 0 Å². The van der Waals surface area contributed by atoms with Gasteiger partial charge in [-0.1, -0.05) is 13.1 Å². The first-order valence-electron chi connectivity index (χ1n) is 3.93. The molecular formula is C9H11N2OSi. The van der Waals surface area contributed by atoms with E-state index in [1.54, 1.807) is 13.3 Å². The predicted molar refractivity (Wildman–Crippen MR) is 52.6 cm³/mol. The van der Waals surface area contributed by atoms with E-state index >= 15 is 0 Å². The molecule has 13 heavy (non-hydrogen) atoms. The van der Waals surface area contributed by atoms with Gasteiger partial charge in [0.1, 0.15) is 26.2 Å². The molecule has 3 nitrogen and oxygen atoms in total. The number of rotatable bonds is 2. The quantitative estimate of drug-likeness (QED) is 0.653. The van der Waals surface area contributed by atoms with E-state index in [2.05, 4.69) is 18.1 Å². The number of nitrogens with zero attached hydrogens (tertiary/aromatic N) is 2. The van der Waals surface area contributed by atoms with Gasteiger partial charge in [-0.15, -0.1) is 0 Å². The van der Waals surface area contributed by atoms with Crippen molar-refractivity contribution in [3.05, 3.63) is 17.8 Å². The van der Waals surface area contributed by atoms with Gasteiger partial charge in [0.15, 0.2) is 0 Å². The van der Waals surface area contributed by atoms with E-state index in [4.69, 9.17) is 10.00 Å². The number of hydrogen-bond acceptors (Lipinski definition) is 3. The molecule has 0 saturated carbocycles. The molecule has 0 aromatic carbocycles. The fraction of sp³-hybridized carbons (Fsp3) is 0.333. The molecule has 1 radical (unpaired) electrons. The molecule has 0 spiro atoms. The number of ether oxygens (including phenoxy) is 1. The molecule has 1 aromatic rings. The standard InChI is InChI=1S/C9H11N2OSi/c1-12-8-4-9(13(2)3)11-6-7(8)5-10/h4,6H,1-3H3. The van der Waals surface area contributed by atoms with Gasteiger partial charge in [-0.25, -0.2) is 0 Å². The minimum absolute atomic E-state index is 0.495. The van der Waals surface area contributed by atoms with Crippen molar-refractivity contribution in [3.8, 4) is 11.8 Å². The summed E-state index contributed by atoms with van der Waals surface area (Å²) in [6.45, 7) is 4.30. The molecule has 0 amide bonds. The highest BCUT2D eigenvalue weighted by atomic mass is 28.3. The van der Waals surface area contributed by atoms with Gasteiger partial charge in [-0.2, -0.15) is 5.26 Å². The summed E-state index contributed by atoms with van der Waals surface area (Å²) in [4.78, 5) is 4.20. The third kappa shape index (κ3) is 2.07. The van der Waals surface area contributed by atoms with Crippen molar-refractivity contribution < 1.29 is 4.74 Å². The Morgan fingerprint density at radius 2 is 2.23 bits per heavy atom. The zero-order valence-corrected chi connectivity index (χ0v) is 8.96. The molecule has 0 unspecified atom stereocenters. The molecule has 67 valence electrons. The molecule has 0 bridgehead atoms. The summed E-state index contributed by atoms with van der Waals surface area (Å²) in [6, 6.07) is 3.89. The van der Waals surface area contributed by atoms with E-state index in [9.17, 15) is 0 Å². The maximum Gasteiger partial charge on any atom is 0.139 e. The van der Waals surface area contributed by atoms with Gasteiger partial charge < -0.3 is 4.74 Å². The lowest BCUT2D eigenvalue weighted by atomic mass is 10.3. The van der Waals surface area contributed by atoms with Crippen LogP contribution in [0.1, 0.15) is 5.56 Å². The minimum atomic E-state index is -0.569. The second-order valence-electron chi connectivity index (χ2n) is 2.88. The Labute approximate surface area is 79.6 Å². The topological polar surface area (TPSA) is 45.9 Å². The average Bonchev–Trinajstić information content (AvgIpc) is 2.16. The number of pyridine rings is 1. The summed E-state index contributed by atoms with van der Waals surface area (Å²) in [5, 5.41) is 9.76. The first-order valence-corrected chi connectivity index (χ1v) is 6.43. The first-order chi connectivity index (χ1) is 6.19. The van der Waals surface area contributed by atoms with Crippen LogP contribution >= 0.6 is 0 Å². The summed E-state index contributed by atoms with van der Waals surface area (Å²) in [5.41, 5.74) is 0.495. The lowest BCUT2D eigenvalue weighted by molar-refractivity contribution is 0.413. The zero-order chi connectivity index (χ0) is 9.84. The number of methoxy groups -OCH3 is 1. The molecule has 0 aliphatic rings. The highest BCUT2D eigenvalue weighted by Crippen LogP contribution is 2.13. The maximum absolute atomic E-state index is 8.72. The number of hydrogen-bond donors (Lipinski definition) is 0. The molecule has 0 saturated heterocycles. The molecule has 1 aromatic heterocycles. The van der Waals surface area contributed by atoms with Crippen LogP contribution in [0.4, 0.5) is 0 Å². The Bertz CT molecular complexity index is 344. The van der Waals surface area contributed by atoms with Gasteiger partial charge in [-0.3, -0.25) is 4.98 Å². The summed E-state index contributed by atoms with van der Waals surface area (Å²) >= 11 is 0. The Kier molecular flexibility index (Phi) is 3.04. The number of nitriles is 1. The monoisotopic (exact) mass is 191 g/mol. The summed E-state index contributed by atoms with van der Waals surface area (Å²) in [6.07, 6.45) is 1.58. The Morgan fingerprint density at radius 1 is 1.54 bits per heavy atom. The second-order valence-corrected chi connectivity index (χ2v) is 5.39. The zero-order valence-electron chi connectivity index (χ0n) is 7.96. The predicted octanol–water partition coefficient (Wildman–Crippen LogP) is 0.923. The molecule has 0 aliphatic heterocycles. The van der Waals surface area contributed by atoms with E-state index in [1.807, 2.05) is 12.1 Å². The normalized spacial score (nSPS) is 9.77. The van der Waals surface area contributed by atoms with Crippen molar-refractivity contribution in [1.29, 1.82) is 5.26 Å². The van der Waals surface area contributed by atoms with E-state index in [0.717, 1.165) is 5.32 Å². The minimum Gasteiger partial charge on any atom is -0.495 e. The maximum atomic E-state index is 8.72. The molecule has 0 aliphatic carbocycles. The van der Waals surface area contributed by atoms with E-state index in [1.165, 1.54) is 0 Å². The van der Waals surface area contributed by atoms with Crippen LogP contribution in [0.25, 0.3) is 0 Å². The number of aromatic nitrogens is 1. The highest BCUT2D eigenvalue weighted by Gasteiger charge is 2.08. The average molecular weight is 191 g/mol. The lowest BCUT2D eigenvalue weighted by Crippen LogP contribution is -2.26. The summed E-state index contributed by atoms with van der Waals surface area (Å²) in [7, 11) is 0.998. The van der Waals surface area contributed by atoms with Crippen LogP contribution in [0.5, 0.6) is 5.75 Å². The van der Waals surface area contributed by atoms with Gasteiger partial charge in [0.25, 0.3) is 0 Å². The van der Waals surface area contributed by atoms with Crippen molar-refractivity contribution in [2.45, 2.75) is 13.1 Å². The van der Waals surface area contributed by atoms with E-state index in [0.29, 0.717) is 11.3 Å². The van der Waals surface area contributed by atoms with Gasteiger partial charge in [0, 0.05) is 11.5 Å². The Hall–Kier alpha value is -1.34. The summed E-state index contributed by atoms with van der Waals surface area (Å²) in [5.74, 6) is 0.624. The van der Waals surface area contributed by atoms with Crippen molar-refractivity contribution in [3.63, 3.8) is 0 Å². The molecule has 1 heterocycles. The van der Waals surface area contributed by atoms with Gasteiger partial charge in [0.05, 0.1) is 7.11 Å². The Balaban J connectivity index is 3.15. The van der Waals surface area contributed by atoms with Crippen LogP contribution in [0.2, 0.25) is 13.1 Å². The highest BCUT2D eigenvalue weighted by molar-refractivity contribution is 6.69. The fourth-order valence-corrected chi connectivity index (χ4v) is 1.71. The van der Waals surface area contributed by atoms with Crippen molar-refractivity contribution in [1.82, 2.24) is 4.98 Å². The second kappa shape index (κ2) is 4.05. The Morgan fingerprint density at radius 3 is 2.69 bits per heavy atom. The van der Waals surface area contributed by atoms with Crippen LogP contribution < -0.4 is 10.1 Å². The van der Waals surface area contributed by atoms with Crippen LogP contribution in [-0.2, 0) is 0 Å². The van der Waals surface area contributed by atoms with Gasteiger partial charge in [-0.05, 0) is 6.07 Å². The smallest absolute Gasteiger partial charge is 0.139 e. The molecule has 1 rings (SSSR count). The fourth-order valence-electron chi connectivity index (χ4n) is 0.963. The molecule has 4 heteroatoms. The molecule has 0 atom stereocenters. The van der Waals surface area contributed by atoms with Crippen LogP contribution in [-0.4, -0.2) is 20.9 Å². The molecular weight excluding hydrogens is 180 g/mol. The van der Waals surface area contributed by atoms with Crippen LogP contribution in [0, 0.1) is 11.3 Å². The molecule has 0 fully saturated rings. The summed E-state index contributed by atoms with van der Waals surface area (Å²) < 4.78 is 5.08. The lowest BCUT2D eigenvalue weighted by Gasteiger charge is -2.06. The van der Waals surface area contributed by atoms with Crippen LogP contribution in [0.3, 0.4) is 0 Å². The van der Waals surface area contributed by atoms with Crippen molar-refractivity contribution >= 4 is 14.1 Å². The first kappa shape index (κ1) is 9.74.